The fraction of sp³-hybridized carbons (Fsp3) is 0.176. The zero-order valence-electron chi connectivity index (χ0n) is 12.9. The SMILES string of the molecule is CC(=O)N(CC(=O)NCc1ccccc1F)c1c(Cl)cccc1Cl. The first-order valence-corrected chi connectivity index (χ1v) is 7.88. The van der Waals surface area contributed by atoms with Crippen LogP contribution in [0.3, 0.4) is 0 Å². The van der Waals surface area contributed by atoms with Gasteiger partial charge in [0.2, 0.25) is 11.8 Å². The van der Waals surface area contributed by atoms with Gasteiger partial charge >= 0.3 is 0 Å². The number of carbonyl (C=O) groups is 2. The fourth-order valence-corrected chi connectivity index (χ4v) is 2.73. The van der Waals surface area contributed by atoms with E-state index in [1.54, 1.807) is 36.4 Å². The van der Waals surface area contributed by atoms with Gasteiger partial charge in [0.25, 0.3) is 0 Å². The minimum atomic E-state index is -0.454. The molecule has 24 heavy (non-hydrogen) atoms. The zero-order valence-corrected chi connectivity index (χ0v) is 14.4. The van der Waals surface area contributed by atoms with Gasteiger partial charge in [-0.05, 0) is 18.2 Å². The summed E-state index contributed by atoms with van der Waals surface area (Å²) in [5, 5.41) is 3.10. The highest BCUT2D eigenvalue weighted by molar-refractivity contribution is 6.40. The van der Waals surface area contributed by atoms with Crippen molar-refractivity contribution in [3.8, 4) is 0 Å². The van der Waals surface area contributed by atoms with Gasteiger partial charge in [-0.15, -0.1) is 0 Å². The van der Waals surface area contributed by atoms with Crippen molar-refractivity contribution in [1.29, 1.82) is 0 Å². The highest BCUT2D eigenvalue weighted by atomic mass is 35.5. The second kappa shape index (κ2) is 8.13. The Hall–Kier alpha value is -2.11. The van der Waals surface area contributed by atoms with E-state index in [9.17, 15) is 14.0 Å². The number of amides is 2. The molecule has 0 aliphatic carbocycles. The van der Waals surface area contributed by atoms with Gasteiger partial charge in [0.15, 0.2) is 0 Å². The molecule has 2 amide bonds. The third kappa shape index (κ3) is 4.46. The minimum absolute atomic E-state index is 0.0213. The van der Waals surface area contributed by atoms with Crippen LogP contribution in [0.25, 0.3) is 0 Å². The highest BCUT2D eigenvalue weighted by Crippen LogP contribution is 2.33. The third-order valence-corrected chi connectivity index (χ3v) is 3.93. The number of para-hydroxylation sites is 1. The maximum atomic E-state index is 13.6. The molecule has 0 aliphatic rings. The molecule has 0 radical (unpaired) electrons. The van der Waals surface area contributed by atoms with E-state index in [4.69, 9.17) is 23.2 Å². The molecule has 7 heteroatoms. The number of rotatable bonds is 5. The Balaban J connectivity index is 2.10. The van der Waals surface area contributed by atoms with Crippen molar-refractivity contribution in [2.45, 2.75) is 13.5 Å². The summed E-state index contributed by atoms with van der Waals surface area (Å²) >= 11 is 12.2. The standard InChI is InChI=1S/C17H15Cl2FN2O2/c1-11(23)22(17-13(18)6-4-7-14(17)19)10-16(24)21-9-12-5-2-3-8-15(12)20/h2-8H,9-10H2,1H3,(H,21,24). The molecule has 0 bridgehead atoms. The van der Waals surface area contributed by atoms with E-state index in [2.05, 4.69) is 5.32 Å². The first-order valence-electron chi connectivity index (χ1n) is 7.12. The first kappa shape index (κ1) is 18.2. The number of benzene rings is 2. The van der Waals surface area contributed by atoms with Crippen LogP contribution in [0.5, 0.6) is 0 Å². The van der Waals surface area contributed by atoms with Crippen LogP contribution in [0.2, 0.25) is 10.0 Å². The molecule has 1 N–H and O–H groups in total. The van der Waals surface area contributed by atoms with Crippen molar-refractivity contribution in [2.75, 3.05) is 11.4 Å². The lowest BCUT2D eigenvalue weighted by Crippen LogP contribution is -2.40. The maximum absolute atomic E-state index is 13.6. The third-order valence-electron chi connectivity index (χ3n) is 3.32. The topological polar surface area (TPSA) is 49.4 Å². The smallest absolute Gasteiger partial charge is 0.240 e. The predicted octanol–water partition coefficient (Wildman–Crippen LogP) is 3.80. The van der Waals surface area contributed by atoms with Gasteiger partial charge < -0.3 is 10.2 Å². The van der Waals surface area contributed by atoms with Crippen LogP contribution in [-0.2, 0) is 16.1 Å². The summed E-state index contributed by atoms with van der Waals surface area (Å²) in [6.07, 6.45) is 0. The molecule has 0 saturated carbocycles. The van der Waals surface area contributed by atoms with Crippen molar-refractivity contribution >= 4 is 40.7 Å². The largest absolute Gasteiger partial charge is 0.350 e. The molecule has 4 nitrogen and oxygen atoms in total. The molecule has 0 unspecified atom stereocenters. The summed E-state index contributed by atoms with van der Waals surface area (Å²) in [5.41, 5.74) is 0.630. The van der Waals surface area contributed by atoms with Crippen molar-refractivity contribution in [2.24, 2.45) is 0 Å². The van der Waals surface area contributed by atoms with Crippen LogP contribution in [0, 0.1) is 5.82 Å². The summed E-state index contributed by atoms with van der Waals surface area (Å²) in [6.45, 7) is 1.06. The quantitative estimate of drug-likeness (QED) is 0.872. The zero-order chi connectivity index (χ0) is 17.7. The number of hydrogen-bond donors (Lipinski definition) is 1. The van der Waals surface area contributed by atoms with Gasteiger partial charge in [0, 0.05) is 19.0 Å². The number of hydrogen-bond acceptors (Lipinski definition) is 2. The van der Waals surface area contributed by atoms with Crippen LogP contribution < -0.4 is 10.2 Å². The summed E-state index contributed by atoms with van der Waals surface area (Å²) in [6, 6.07) is 10.9. The van der Waals surface area contributed by atoms with E-state index < -0.39 is 11.7 Å². The Morgan fingerprint density at radius 3 is 2.29 bits per heavy atom. The van der Waals surface area contributed by atoms with Crippen molar-refractivity contribution in [1.82, 2.24) is 5.32 Å². The Kier molecular flexibility index (Phi) is 6.17. The lowest BCUT2D eigenvalue weighted by molar-refractivity contribution is -0.123. The molecule has 0 atom stereocenters. The monoisotopic (exact) mass is 368 g/mol. The second-order valence-electron chi connectivity index (χ2n) is 5.04. The minimum Gasteiger partial charge on any atom is -0.350 e. The Labute approximate surface area is 149 Å². The fourth-order valence-electron chi connectivity index (χ4n) is 2.13. The summed E-state index contributed by atoms with van der Waals surface area (Å²) in [5.74, 6) is -1.24. The number of nitrogens with one attached hydrogen (secondary N) is 1. The molecule has 0 aliphatic heterocycles. The van der Waals surface area contributed by atoms with Crippen LogP contribution >= 0.6 is 23.2 Å². The Morgan fingerprint density at radius 1 is 1.08 bits per heavy atom. The molecular formula is C17H15Cl2FN2O2. The Bertz CT molecular complexity index is 748. The summed E-state index contributed by atoms with van der Waals surface area (Å²) in [7, 11) is 0. The van der Waals surface area contributed by atoms with E-state index in [-0.39, 0.29) is 34.7 Å². The molecule has 0 aromatic heterocycles. The summed E-state index contributed by atoms with van der Waals surface area (Å²) < 4.78 is 13.6. The average molecular weight is 369 g/mol. The van der Waals surface area contributed by atoms with Gasteiger partial charge in [-0.3, -0.25) is 9.59 Å². The van der Waals surface area contributed by atoms with Gasteiger partial charge in [-0.25, -0.2) is 4.39 Å². The predicted molar refractivity (Wildman–Crippen MR) is 92.7 cm³/mol. The lowest BCUT2D eigenvalue weighted by Gasteiger charge is -2.23. The number of halogens is 3. The molecule has 126 valence electrons. The average Bonchev–Trinajstić information content (AvgIpc) is 2.52. The first-order chi connectivity index (χ1) is 11.4. The van der Waals surface area contributed by atoms with Crippen LogP contribution in [0.15, 0.2) is 42.5 Å². The van der Waals surface area contributed by atoms with Gasteiger partial charge in [0.1, 0.15) is 12.4 Å². The number of carbonyl (C=O) groups excluding carboxylic acids is 2. The van der Waals surface area contributed by atoms with Crippen molar-refractivity contribution in [3.05, 3.63) is 63.9 Å². The molecule has 0 spiro atoms. The van der Waals surface area contributed by atoms with Crippen LogP contribution in [0.4, 0.5) is 10.1 Å². The molecule has 2 rings (SSSR count). The normalized spacial score (nSPS) is 10.3. The lowest BCUT2D eigenvalue weighted by atomic mass is 10.2. The van der Waals surface area contributed by atoms with Crippen molar-refractivity contribution < 1.29 is 14.0 Å². The molecule has 0 fully saturated rings. The van der Waals surface area contributed by atoms with E-state index in [1.807, 2.05) is 0 Å². The molecule has 2 aromatic rings. The van der Waals surface area contributed by atoms with E-state index >= 15 is 0 Å². The highest BCUT2D eigenvalue weighted by Gasteiger charge is 2.21. The van der Waals surface area contributed by atoms with Crippen molar-refractivity contribution in [3.63, 3.8) is 0 Å². The van der Waals surface area contributed by atoms with Crippen LogP contribution in [0.1, 0.15) is 12.5 Å². The van der Waals surface area contributed by atoms with Gasteiger partial charge in [-0.2, -0.15) is 0 Å². The van der Waals surface area contributed by atoms with E-state index in [0.717, 1.165) is 0 Å². The second-order valence-corrected chi connectivity index (χ2v) is 5.86. The number of nitrogens with zero attached hydrogens (tertiary/aromatic N) is 1. The van der Waals surface area contributed by atoms with E-state index in [1.165, 1.54) is 17.9 Å². The molecule has 2 aromatic carbocycles. The Morgan fingerprint density at radius 2 is 1.71 bits per heavy atom. The van der Waals surface area contributed by atoms with Crippen LogP contribution in [-0.4, -0.2) is 18.4 Å². The molecular weight excluding hydrogens is 354 g/mol. The summed E-state index contributed by atoms with van der Waals surface area (Å²) in [4.78, 5) is 25.2. The molecule has 0 saturated heterocycles. The maximum Gasteiger partial charge on any atom is 0.240 e. The molecule has 0 heterocycles. The van der Waals surface area contributed by atoms with Gasteiger partial charge in [-0.1, -0.05) is 47.5 Å². The number of anilines is 1. The van der Waals surface area contributed by atoms with Gasteiger partial charge in [0.05, 0.1) is 15.7 Å². The van der Waals surface area contributed by atoms with E-state index in [0.29, 0.717) is 5.56 Å².